The molecule has 0 spiro atoms. The summed E-state index contributed by atoms with van der Waals surface area (Å²) in [6.45, 7) is 0. The van der Waals surface area contributed by atoms with Gasteiger partial charge >= 0.3 is 0 Å². The summed E-state index contributed by atoms with van der Waals surface area (Å²) in [4.78, 5) is 3.67. The summed E-state index contributed by atoms with van der Waals surface area (Å²) >= 11 is 7.20. The topological polar surface area (TPSA) is 12.9 Å². The molecule has 0 unspecified atom stereocenters. The standard InChI is InChI=1S/C6H3ClF2IN/c7-3-1-4(5(8)9)6(10)11-2-3/h1-2,5H. The summed E-state index contributed by atoms with van der Waals surface area (Å²) in [6.07, 6.45) is -1.16. The molecule has 0 atom stereocenters. The Balaban J connectivity index is 3.13. The van der Waals surface area contributed by atoms with Gasteiger partial charge in [-0.2, -0.15) is 0 Å². The average molecular weight is 289 g/mol. The fourth-order valence-electron chi connectivity index (χ4n) is 0.591. The number of halogens is 4. The van der Waals surface area contributed by atoms with Crippen molar-refractivity contribution in [1.82, 2.24) is 4.98 Å². The lowest BCUT2D eigenvalue weighted by atomic mass is 10.3. The smallest absolute Gasteiger partial charge is 0.248 e. The molecule has 0 radical (unpaired) electrons. The molecule has 0 aliphatic heterocycles. The van der Waals surface area contributed by atoms with Crippen LogP contribution in [0.4, 0.5) is 8.78 Å². The molecule has 0 fully saturated rings. The Morgan fingerprint density at radius 2 is 2.18 bits per heavy atom. The molecule has 0 aromatic carbocycles. The quantitative estimate of drug-likeness (QED) is 0.571. The summed E-state index contributed by atoms with van der Waals surface area (Å²) < 4.78 is 24.5. The van der Waals surface area contributed by atoms with Gasteiger partial charge in [-0.3, -0.25) is 0 Å². The van der Waals surface area contributed by atoms with E-state index < -0.39 is 6.43 Å². The Kier molecular flexibility index (Phi) is 3.00. The molecule has 11 heavy (non-hydrogen) atoms. The van der Waals surface area contributed by atoms with Crippen molar-refractivity contribution >= 4 is 34.2 Å². The van der Waals surface area contributed by atoms with Gasteiger partial charge in [0, 0.05) is 6.20 Å². The molecule has 1 aromatic heterocycles. The molecule has 60 valence electrons. The van der Waals surface area contributed by atoms with E-state index in [-0.39, 0.29) is 10.6 Å². The molecule has 0 aliphatic carbocycles. The number of aromatic nitrogens is 1. The molecule has 1 rings (SSSR count). The molecule has 0 aliphatic rings. The largest absolute Gasteiger partial charge is 0.266 e. The molecule has 0 saturated heterocycles. The second kappa shape index (κ2) is 3.62. The Hall–Kier alpha value is 0.0300. The summed E-state index contributed by atoms with van der Waals surface area (Å²) in [5.74, 6) is 0. The van der Waals surface area contributed by atoms with Crippen LogP contribution in [0.25, 0.3) is 0 Å². The Morgan fingerprint density at radius 3 is 2.64 bits per heavy atom. The zero-order chi connectivity index (χ0) is 8.43. The van der Waals surface area contributed by atoms with E-state index in [1.54, 1.807) is 22.6 Å². The number of hydrogen-bond acceptors (Lipinski definition) is 1. The number of rotatable bonds is 1. The first kappa shape index (κ1) is 9.12. The summed E-state index contributed by atoms with van der Waals surface area (Å²) in [5, 5.41) is 0.237. The zero-order valence-electron chi connectivity index (χ0n) is 5.19. The summed E-state index contributed by atoms with van der Waals surface area (Å²) in [7, 11) is 0. The highest BCUT2D eigenvalue weighted by Crippen LogP contribution is 2.25. The molecule has 5 heteroatoms. The number of hydrogen-bond donors (Lipinski definition) is 0. The van der Waals surface area contributed by atoms with Gasteiger partial charge in [0.05, 0.1) is 10.6 Å². The molecule has 1 nitrogen and oxygen atoms in total. The van der Waals surface area contributed by atoms with E-state index in [9.17, 15) is 8.78 Å². The van der Waals surface area contributed by atoms with Crippen molar-refractivity contribution in [3.8, 4) is 0 Å². The minimum Gasteiger partial charge on any atom is -0.248 e. The molecule has 1 heterocycles. The SMILES string of the molecule is FC(F)c1cc(Cl)cnc1I. The van der Waals surface area contributed by atoms with E-state index in [4.69, 9.17) is 11.6 Å². The van der Waals surface area contributed by atoms with Gasteiger partial charge in [-0.1, -0.05) is 11.6 Å². The van der Waals surface area contributed by atoms with Crippen LogP contribution >= 0.6 is 34.2 Å². The molecular formula is C6H3ClF2IN. The first-order valence-electron chi connectivity index (χ1n) is 2.70. The molecule has 0 saturated carbocycles. The van der Waals surface area contributed by atoms with Crippen molar-refractivity contribution in [3.05, 3.63) is 26.5 Å². The van der Waals surface area contributed by atoms with E-state index in [1.807, 2.05) is 0 Å². The normalized spacial score (nSPS) is 10.6. The molecule has 0 amide bonds. The number of alkyl halides is 2. The average Bonchev–Trinajstić information content (AvgIpc) is 1.94. The monoisotopic (exact) mass is 289 g/mol. The van der Waals surface area contributed by atoms with Crippen LogP contribution in [0.1, 0.15) is 12.0 Å². The Labute approximate surface area is 80.9 Å². The second-order valence-corrected chi connectivity index (χ2v) is 3.29. The van der Waals surface area contributed by atoms with Crippen LogP contribution in [0, 0.1) is 3.70 Å². The third-order valence-corrected chi connectivity index (χ3v) is 2.18. The number of nitrogens with zero attached hydrogens (tertiary/aromatic N) is 1. The van der Waals surface area contributed by atoms with Crippen molar-refractivity contribution in [1.29, 1.82) is 0 Å². The van der Waals surface area contributed by atoms with E-state index >= 15 is 0 Å². The van der Waals surface area contributed by atoms with Gasteiger partial charge in [-0.05, 0) is 28.7 Å². The van der Waals surface area contributed by atoms with Gasteiger partial charge in [0.2, 0.25) is 0 Å². The van der Waals surface area contributed by atoms with Crippen LogP contribution in [0.5, 0.6) is 0 Å². The lowest BCUT2D eigenvalue weighted by molar-refractivity contribution is 0.150. The van der Waals surface area contributed by atoms with Crippen LogP contribution in [0.2, 0.25) is 5.02 Å². The van der Waals surface area contributed by atoms with Gasteiger partial charge in [0.15, 0.2) is 0 Å². The van der Waals surface area contributed by atoms with E-state index in [2.05, 4.69) is 4.98 Å². The maximum absolute atomic E-state index is 12.1. The highest BCUT2D eigenvalue weighted by atomic mass is 127. The summed E-state index contributed by atoms with van der Waals surface area (Å²) in [6, 6.07) is 1.22. The maximum atomic E-state index is 12.1. The lowest BCUT2D eigenvalue weighted by Gasteiger charge is -2.01. The van der Waals surface area contributed by atoms with Crippen LogP contribution < -0.4 is 0 Å². The molecule has 0 N–H and O–H groups in total. The van der Waals surface area contributed by atoms with Crippen molar-refractivity contribution in [2.24, 2.45) is 0 Å². The van der Waals surface area contributed by atoms with Crippen LogP contribution in [0.3, 0.4) is 0 Å². The van der Waals surface area contributed by atoms with E-state index in [0.717, 1.165) is 0 Å². The fourth-order valence-corrected chi connectivity index (χ4v) is 1.29. The van der Waals surface area contributed by atoms with Gasteiger partial charge < -0.3 is 0 Å². The van der Waals surface area contributed by atoms with Crippen molar-refractivity contribution in [2.75, 3.05) is 0 Å². The highest BCUT2D eigenvalue weighted by Gasteiger charge is 2.12. The van der Waals surface area contributed by atoms with Crippen molar-refractivity contribution in [2.45, 2.75) is 6.43 Å². The molecular weight excluding hydrogens is 286 g/mol. The summed E-state index contributed by atoms with van der Waals surface area (Å²) in [5.41, 5.74) is -0.113. The molecule has 0 bridgehead atoms. The predicted octanol–water partition coefficient (Wildman–Crippen LogP) is 3.28. The maximum Gasteiger partial charge on any atom is 0.266 e. The van der Waals surface area contributed by atoms with E-state index in [1.165, 1.54) is 12.3 Å². The van der Waals surface area contributed by atoms with Gasteiger partial charge in [-0.25, -0.2) is 13.8 Å². The first-order chi connectivity index (χ1) is 5.11. The second-order valence-electron chi connectivity index (χ2n) is 1.83. The highest BCUT2D eigenvalue weighted by molar-refractivity contribution is 14.1. The van der Waals surface area contributed by atoms with Crippen LogP contribution in [-0.2, 0) is 0 Å². The molecule has 1 aromatic rings. The van der Waals surface area contributed by atoms with Crippen LogP contribution in [0.15, 0.2) is 12.3 Å². The lowest BCUT2D eigenvalue weighted by Crippen LogP contribution is -1.91. The fraction of sp³-hybridized carbons (Fsp3) is 0.167. The van der Waals surface area contributed by atoms with Crippen molar-refractivity contribution < 1.29 is 8.78 Å². The van der Waals surface area contributed by atoms with Gasteiger partial charge in [0.25, 0.3) is 6.43 Å². The minimum atomic E-state index is -2.51. The third kappa shape index (κ3) is 2.23. The predicted molar refractivity (Wildman–Crippen MR) is 46.9 cm³/mol. The van der Waals surface area contributed by atoms with Gasteiger partial charge in [-0.15, -0.1) is 0 Å². The van der Waals surface area contributed by atoms with Crippen LogP contribution in [-0.4, -0.2) is 4.98 Å². The Morgan fingerprint density at radius 1 is 1.55 bits per heavy atom. The van der Waals surface area contributed by atoms with Gasteiger partial charge in [0.1, 0.15) is 3.70 Å². The minimum absolute atomic E-state index is 0.113. The zero-order valence-corrected chi connectivity index (χ0v) is 8.10. The number of pyridine rings is 1. The van der Waals surface area contributed by atoms with E-state index in [0.29, 0.717) is 3.70 Å². The first-order valence-corrected chi connectivity index (χ1v) is 4.16. The third-order valence-electron chi connectivity index (χ3n) is 1.07. The Bertz CT molecular complexity index is 267. The van der Waals surface area contributed by atoms with Crippen molar-refractivity contribution in [3.63, 3.8) is 0 Å².